The summed E-state index contributed by atoms with van der Waals surface area (Å²) in [5.41, 5.74) is 3.19. The lowest BCUT2D eigenvalue weighted by Crippen LogP contribution is -2.21. The molecular weight excluding hydrogens is 436 g/mol. The molecule has 0 aliphatic heterocycles. The summed E-state index contributed by atoms with van der Waals surface area (Å²) in [6, 6.07) is 15.1. The molecule has 174 valence electrons. The van der Waals surface area contributed by atoms with Crippen molar-refractivity contribution in [3.63, 3.8) is 0 Å². The first-order valence-corrected chi connectivity index (χ1v) is 12.4. The first kappa shape index (κ1) is 23.2. The number of nitrogens with one attached hydrogen (secondary N) is 1. The molecule has 0 atom stereocenters. The molecule has 2 aromatic carbocycles. The minimum atomic E-state index is -0.608. The Morgan fingerprint density at radius 1 is 1.06 bits per heavy atom. The summed E-state index contributed by atoms with van der Waals surface area (Å²) in [5.74, 6) is -0.113. The van der Waals surface area contributed by atoms with Gasteiger partial charge in [0.25, 0.3) is 5.91 Å². The molecule has 0 radical (unpaired) electrons. The quantitative estimate of drug-likeness (QED) is 0.419. The summed E-state index contributed by atoms with van der Waals surface area (Å²) >= 11 is 1.88. The van der Waals surface area contributed by atoms with E-state index < -0.39 is 11.9 Å². The summed E-state index contributed by atoms with van der Waals surface area (Å²) in [6.45, 7) is -0.374. The van der Waals surface area contributed by atoms with Crippen LogP contribution in [0.1, 0.15) is 48.2 Å². The molecule has 1 amide bonds. The fraction of sp³-hybridized carbons (Fsp3) is 0.385. The molecule has 1 N–H and O–H groups in total. The number of anilines is 2. The molecule has 0 saturated heterocycles. The molecule has 0 unspecified atom stereocenters. The van der Waals surface area contributed by atoms with Crippen LogP contribution in [0.15, 0.2) is 52.9 Å². The maximum absolute atomic E-state index is 12.9. The van der Waals surface area contributed by atoms with Gasteiger partial charge in [0, 0.05) is 47.4 Å². The van der Waals surface area contributed by atoms with Crippen molar-refractivity contribution in [1.82, 2.24) is 0 Å². The predicted molar refractivity (Wildman–Crippen MR) is 134 cm³/mol. The molecule has 1 aliphatic carbocycles. The number of rotatable bonds is 8. The van der Waals surface area contributed by atoms with Gasteiger partial charge in [-0.05, 0) is 43.2 Å². The van der Waals surface area contributed by atoms with E-state index in [-0.39, 0.29) is 12.4 Å². The van der Waals surface area contributed by atoms with Gasteiger partial charge in [-0.3, -0.25) is 4.79 Å². The highest BCUT2D eigenvalue weighted by atomic mass is 32.2. The molecule has 7 heteroatoms. The van der Waals surface area contributed by atoms with Gasteiger partial charge in [0.2, 0.25) is 5.76 Å². The number of fused-ring (bicyclic) bond motifs is 1. The van der Waals surface area contributed by atoms with Crippen LogP contribution >= 0.6 is 11.8 Å². The van der Waals surface area contributed by atoms with Crippen molar-refractivity contribution in [2.24, 2.45) is 0 Å². The minimum absolute atomic E-state index is 0.197. The molecule has 1 heterocycles. The number of ether oxygens (including phenoxy) is 1. The Labute approximate surface area is 198 Å². The first-order valence-electron chi connectivity index (χ1n) is 11.4. The van der Waals surface area contributed by atoms with E-state index >= 15 is 0 Å². The summed E-state index contributed by atoms with van der Waals surface area (Å²) < 4.78 is 11.2. The Balaban J connectivity index is 1.40. The fourth-order valence-corrected chi connectivity index (χ4v) is 5.43. The molecule has 33 heavy (non-hydrogen) atoms. The number of carbonyl (C=O) groups excluding carboxylic acids is 2. The zero-order chi connectivity index (χ0) is 23.2. The monoisotopic (exact) mass is 466 g/mol. The highest BCUT2D eigenvalue weighted by Gasteiger charge is 2.24. The lowest BCUT2D eigenvalue weighted by molar-refractivity contribution is -0.119. The normalized spacial score (nSPS) is 14.2. The molecule has 6 nitrogen and oxygen atoms in total. The average Bonchev–Trinajstić information content (AvgIpc) is 3.21. The maximum atomic E-state index is 12.9. The van der Waals surface area contributed by atoms with Crippen molar-refractivity contribution in [1.29, 1.82) is 0 Å². The third-order valence-electron chi connectivity index (χ3n) is 5.90. The topological polar surface area (TPSA) is 71.8 Å². The Morgan fingerprint density at radius 3 is 2.52 bits per heavy atom. The highest BCUT2D eigenvalue weighted by molar-refractivity contribution is 7.99. The average molecular weight is 467 g/mol. The van der Waals surface area contributed by atoms with E-state index in [1.54, 1.807) is 0 Å². The van der Waals surface area contributed by atoms with Crippen LogP contribution in [0.25, 0.3) is 11.0 Å². The lowest BCUT2D eigenvalue weighted by Gasteiger charge is -2.20. The number of nitrogens with zero attached hydrogens (tertiary/aromatic N) is 1. The number of hydrogen-bond donors (Lipinski definition) is 1. The molecule has 0 bridgehead atoms. The van der Waals surface area contributed by atoms with Crippen molar-refractivity contribution in [3.05, 3.63) is 59.9 Å². The molecule has 1 fully saturated rings. The van der Waals surface area contributed by atoms with Gasteiger partial charge in [-0.15, -0.1) is 0 Å². The molecule has 0 spiro atoms. The number of hydrogen-bond acceptors (Lipinski definition) is 6. The zero-order valence-corrected chi connectivity index (χ0v) is 20.0. The van der Waals surface area contributed by atoms with Crippen LogP contribution < -0.4 is 10.2 Å². The minimum Gasteiger partial charge on any atom is -0.450 e. The number of para-hydroxylation sites is 1. The largest absolute Gasteiger partial charge is 0.450 e. The predicted octanol–water partition coefficient (Wildman–Crippen LogP) is 5.86. The highest BCUT2D eigenvalue weighted by Crippen LogP contribution is 2.35. The number of carbonyl (C=O) groups is 2. The van der Waals surface area contributed by atoms with E-state index in [2.05, 4.69) is 5.32 Å². The summed E-state index contributed by atoms with van der Waals surface area (Å²) in [5, 5.41) is 4.30. The van der Waals surface area contributed by atoms with Crippen LogP contribution in [0.3, 0.4) is 0 Å². The van der Waals surface area contributed by atoms with E-state index in [0.717, 1.165) is 16.6 Å². The lowest BCUT2D eigenvalue weighted by atomic mass is 10.0. The van der Waals surface area contributed by atoms with Gasteiger partial charge in [0.05, 0.1) is 0 Å². The van der Waals surface area contributed by atoms with Crippen LogP contribution in [0.5, 0.6) is 0 Å². The summed E-state index contributed by atoms with van der Waals surface area (Å²) in [7, 11) is 3.90. The molecular formula is C26H30N2O4S. The van der Waals surface area contributed by atoms with Gasteiger partial charge >= 0.3 is 5.97 Å². The van der Waals surface area contributed by atoms with Crippen molar-refractivity contribution in [3.8, 4) is 0 Å². The van der Waals surface area contributed by atoms with Crippen molar-refractivity contribution >= 4 is 46.0 Å². The van der Waals surface area contributed by atoms with E-state index in [1.807, 2.05) is 79.3 Å². The SMILES string of the molecule is CN(C)c1ccc(NC(=O)COC(=O)c2oc3ccccc3c2CSC2CCCCC2)cc1. The van der Waals surface area contributed by atoms with E-state index in [1.165, 1.54) is 32.1 Å². The Morgan fingerprint density at radius 2 is 1.79 bits per heavy atom. The van der Waals surface area contributed by atoms with Gasteiger partial charge in [-0.2, -0.15) is 11.8 Å². The summed E-state index contributed by atoms with van der Waals surface area (Å²) in [6.07, 6.45) is 6.29. The van der Waals surface area contributed by atoms with Gasteiger partial charge in [0.15, 0.2) is 6.61 Å². The van der Waals surface area contributed by atoms with Gasteiger partial charge in [-0.25, -0.2) is 4.79 Å². The smallest absolute Gasteiger partial charge is 0.375 e. The second kappa shape index (κ2) is 10.8. The Hall–Kier alpha value is -2.93. The van der Waals surface area contributed by atoms with Gasteiger partial charge < -0.3 is 19.4 Å². The molecule has 1 saturated carbocycles. The second-order valence-electron chi connectivity index (χ2n) is 8.54. The maximum Gasteiger partial charge on any atom is 0.375 e. The molecule has 3 aromatic rings. The van der Waals surface area contributed by atoms with Crippen LogP contribution in [-0.4, -0.2) is 37.8 Å². The molecule has 1 aliphatic rings. The number of benzene rings is 2. The fourth-order valence-electron chi connectivity index (χ4n) is 4.08. The van der Waals surface area contributed by atoms with Gasteiger partial charge in [-0.1, -0.05) is 37.5 Å². The van der Waals surface area contributed by atoms with Crippen LogP contribution in [0.2, 0.25) is 0 Å². The standard InChI is InChI=1S/C26H30N2O4S/c1-28(2)19-14-12-18(13-15-19)27-24(29)16-31-26(30)25-22(17-33-20-8-4-3-5-9-20)21-10-6-7-11-23(21)32-25/h6-7,10-15,20H,3-5,8-9,16-17H2,1-2H3,(H,27,29). The zero-order valence-electron chi connectivity index (χ0n) is 19.1. The van der Waals surface area contributed by atoms with Crippen molar-refractivity contribution in [2.45, 2.75) is 43.1 Å². The Bertz CT molecular complexity index is 1100. The van der Waals surface area contributed by atoms with Crippen LogP contribution in [0, 0.1) is 0 Å². The van der Waals surface area contributed by atoms with Crippen LogP contribution in [0.4, 0.5) is 11.4 Å². The number of thioether (sulfide) groups is 1. The second-order valence-corrected chi connectivity index (χ2v) is 9.83. The first-order chi connectivity index (χ1) is 16.0. The Kier molecular flexibility index (Phi) is 7.60. The van der Waals surface area contributed by atoms with Crippen LogP contribution in [-0.2, 0) is 15.3 Å². The third kappa shape index (κ3) is 5.90. The summed E-state index contributed by atoms with van der Waals surface area (Å²) in [4.78, 5) is 27.2. The van der Waals surface area contributed by atoms with Crippen molar-refractivity contribution < 1.29 is 18.7 Å². The van der Waals surface area contributed by atoms with E-state index in [0.29, 0.717) is 22.3 Å². The molecule has 1 aromatic heterocycles. The number of esters is 1. The van der Waals surface area contributed by atoms with Gasteiger partial charge in [0.1, 0.15) is 5.58 Å². The van der Waals surface area contributed by atoms with Crippen molar-refractivity contribution in [2.75, 3.05) is 30.9 Å². The molecule has 4 rings (SSSR count). The third-order valence-corrected chi connectivity index (χ3v) is 7.30. The van der Waals surface area contributed by atoms with E-state index in [9.17, 15) is 9.59 Å². The van der Waals surface area contributed by atoms with E-state index in [4.69, 9.17) is 9.15 Å². The number of amides is 1. The number of furan rings is 1.